The van der Waals surface area contributed by atoms with Crippen molar-refractivity contribution in [1.29, 1.82) is 0 Å². The molecule has 84 valence electrons. The highest BCUT2D eigenvalue weighted by Gasteiger charge is 2.37. The molecule has 2 nitrogen and oxygen atoms in total. The van der Waals surface area contributed by atoms with Crippen molar-refractivity contribution in [3.05, 3.63) is 0 Å². The van der Waals surface area contributed by atoms with E-state index in [0.717, 1.165) is 19.3 Å². The summed E-state index contributed by atoms with van der Waals surface area (Å²) >= 11 is 0. The van der Waals surface area contributed by atoms with Gasteiger partial charge in [-0.15, -0.1) is 0 Å². The molecular formula is C10H20F2N2. The van der Waals surface area contributed by atoms with Gasteiger partial charge in [0.25, 0.3) is 6.43 Å². The van der Waals surface area contributed by atoms with Gasteiger partial charge in [-0.05, 0) is 25.3 Å². The Kier molecular flexibility index (Phi) is 3.84. The van der Waals surface area contributed by atoms with Crippen LogP contribution >= 0.6 is 0 Å². The molecule has 0 amide bonds. The molecule has 2 N–H and O–H groups in total. The second kappa shape index (κ2) is 4.53. The lowest BCUT2D eigenvalue weighted by atomic mass is 9.85. The van der Waals surface area contributed by atoms with Crippen LogP contribution in [-0.2, 0) is 0 Å². The van der Waals surface area contributed by atoms with Crippen molar-refractivity contribution in [2.75, 3.05) is 20.1 Å². The first-order chi connectivity index (χ1) is 6.44. The molecule has 0 aromatic rings. The summed E-state index contributed by atoms with van der Waals surface area (Å²) in [6, 6.07) is 0.169. The molecule has 2 atom stereocenters. The van der Waals surface area contributed by atoms with Crippen molar-refractivity contribution >= 4 is 0 Å². The fourth-order valence-corrected chi connectivity index (χ4v) is 2.37. The second-order valence-electron chi connectivity index (χ2n) is 4.74. The van der Waals surface area contributed by atoms with Crippen LogP contribution in [0.2, 0.25) is 0 Å². The number of rotatable bonds is 4. The van der Waals surface area contributed by atoms with E-state index in [0.29, 0.717) is 6.54 Å². The van der Waals surface area contributed by atoms with Gasteiger partial charge in [0.15, 0.2) is 0 Å². The Balaban J connectivity index is 2.42. The van der Waals surface area contributed by atoms with E-state index in [1.54, 1.807) is 11.9 Å². The summed E-state index contributed by atoms with van der Waals surface area (Å²) in [7, 11) is 1.74. The van der Waals surface area contributed by atoms with Crippen LogP contribution in [0.25, 0.3) is 0 Å². The molecule has 14 heavy (non-hydrogen) atoms. The van der Waals surface area contributed by atoms with E-state index in [1.165, 1.54) is 0 Å². The Hall–Kier alpha value is -0.220. The smallest absolute Gasteiger partial charge is 0.251 e. The van der Waals surface area contributed by atoms with E-state index < -0.39 is 6.43 Å². The van der Waals surface area contributed by atoms with E-state index in [2.05, 4.69) is 6.92 Å². The molecule has 1 rings (SSSR count). The van der Waals surface area contributed by atoms with Gasteiger partial charge in [-0.25, -0.2) is 8.78 Å². The molecule has 0 spiro atoms. The largest absolute Gasteiger partial charge is 0.327 e. The van der Waals surface area contributed by atoms with Gasteiger partial charge >= 0.3 is 0 Å². The summed E-state index contributed by atoms with van der Waals surface area (Å²) in [5, 5.41) is 0. The zero-order valence-electron chi connectivity index (χ0n) is 8.97. The Morgan fingerprint density at radius 3 is 2.64 bits per heavy atom. The van der Waals surface area contributed by atoms with Gasteiger partial charge in [-0.1, -0.05) is 13.3 Å². The summed E-state index contributed by atoms with van der Waals surface area (Å²) in [6.07, 6.45) is 0.960. The minimum atomic E-state index is -2.25. The van der Waals surface area contributed by atoms with Gasteiger partial charge in [-0.3, -0.25) is 0 Å². The van der Waals surface area contributed by atoms with E-state index in [-0.39, 0.29) is 18.0 Å². The molecule has 0 aromatic carbocycles. The highest BCUT2D eigenvalue weighted by molar-refractivity contribution is 4.93. The lowest BCUT2D eigenvalue weighted by Crippen LogP contribution is -2.44. The zero-order valence-corrected chi connectivity index (χ0v) is 8.97. The van der Waals surface area contributed by atoms with Crippen molar-refractivity contribution in [1.82, 2.24) is 4.90 Å². The molecule has 0 aromatic heterocycles. The van der Waals surface area contributed by atoms with E-state index in [1.807, 2.05) is 0 Å². The number of hydrogen-bond acceptors (Lipinski definition) is 2. The standard InChI is InChI=1S/C10H20F2N2/c1-10(5-3-4-8(10)13)7-14(2)6-9(11)12/h8-9H,3-7,13H2,1-2H3. The van der Waals surface area contributed by atoms with E-state index >= 15 is 0 Å². The van der Waals surface area contributed by atoms with Crippen molar-refractivity contribution in [2.45, 2.75) is 38.7 Å². The summed E-state index contributed by atoms with van der Waals surface area (Å²) in [5.41, 5.74) is 6.01. The highest BCUT2D eigenvalue weighted by Crippen LogP contribution is 2.37. The van der Waals surface area contributed by atoms with Crippen molar-refractivity contribution < 1.29 is 8.78 Å². The molecular weight excluding hydrogens is 186 g/mol. The summed E-state index contributed by atoms with van der Waals surface area (Å²) in [6.45, 7) is 2.63. The Morgan fingerprint density at radius 2 is 2.21 bits per heavy atom. The maximum atomic E-state index is 12.1. The third-order valence-electron chi connectivity index (χ3n) is 3.24. The third kappa shape index (κ3) is 2.89. The van der Waals surface area contributed by atoms with Gasteiger partial charge in [-0.2, -0.15) is 0 Å². The number of hydrogen-bond donors (Lipinski definition) is 1. The van der Waals surface area contributed by atoms with E-state index in [9.17, 15) is 8.78 Å². The zero-order chi connectivity index (χ0) is 10.8. The quantitative estimate of drug-likeness (QED) is 0.758. The molecule has 2 unspecified atom stereocenters. The summed E-state index contributed by atoms with van der Waals surface area (Å²) in [4.78, 5) is 1.69. The van der Waals surface area contributed by atoms with Crippen LogP contribution in [-0.4, -0.2) is 37.5 Å². The summed E-state index contributed by atoms with van der Waals surface area (Å²) < 4.78 is 24.2. The topological polar surface area (TPSA) is 29.3 Å². The van der Waals surface area contributed by atoms with Crippen LogP contribution in [0.5, 0.6) is 0 Å². The maximum Gasteiger partial charge on any atom is 0.251 e. The lowest BCUT2D eigenvalue weighted by molar-refractivity contribution is 0.0765. The van der Waals surface area contributed by atoms with Gasteiger partial charge in [0.05, 0.1) is 6.54 Å². The highest BCUT2D eigenvalue weighted by atomic mass is 19.3. The lowest BCUT2D eigenvalue weighted by Gasteiger charge is -2.33. The van der Waals surface area contributed by atoms with Gasteiger partial charge < -0.3 is 10.6 Å². The molecule has 0 heterocycles. The maximum absolute atomic E-state index is 12.1. The van der Waals surface area contributed by atoms with Crippen molar-refractivity contribution in [2.24, 2.45) is 11.1 Å². The number of nitrogens with zero attached hydrogens (tertiary/aromatic N) is 1. The van der Waals surface area contributed by atoms with Crippen LogP contribution < -0.4 is 5.73 Å². The number of halogens is 2. The predicted molar refractivity (Wildman–Crippen MR) is 53.4 cm³/mol. The number of nitrogens with two attached hydrogens (primary N) is 1. The Labute approximate surface area is 84.4 Å². The van der Waals surface area contributed by atoms with Crippen LogP contribution in [0, 0.1) is 5.41 Å². The van der Waals surface area contributed by atoms with Gasteiger partial charge in [0.1, 0.15) is 0 Å². The minimum Gasteiger partial charge on any atom is -0.327 e. The van der Waals surface area contributed by atoms with Crippen LogP contribution in [0.15, 0.2) is 0 Å². The Morgan fingerprint density at radius 1 is 1.57 bits per heavy atom. The fourth-order valence-electron chi connectivity index (χ4n) is 2.37. The molecule has 0 radical (unpaired) electrons. The van der Waals surface area contributed by atoms with Crippen molar-refractivity contribution in [3.63, 3.8) is 0 Å². The van der Waals surface area contributed by atoms with Crippen molar-refractivity contribution in [3.8, 4) is 0 Å². The molecule has 0 aliphatic heterocycles. The third-order valence-corrected chi connectivity index (χ3v) is 3.24. The molecule has 1 fully saturated rings. The van der Waals surface area contributed by atoms with Gasteiger partial charge in [0, 0.05) is 12.6 Å². The average Bonchev–Trinajstić information content (AvgIpc) is 2.29. The first-order valence-electron chi connectivity index (χ1n) is 5.16. The van der Waals surface area contributed by atoms with Gasteiger partial charge in [0.2, 0.25) is 0 Å². The predicted octanol–water partition coefficient (Wildman–Crippen LogP) is 1.70. The SMILES string of the molecule is CN(CC(F)F)CC1(C)CCCC1N. The van der Waals surface area contributed by atoms with E-state index in [4.69, 9.17) is 5.73 Å². The molecule has 4 heteroatoms. The van der Waals surface area contributed by atoms with Crippen LogP contribution in [0.1, 0.15) is 26.2 Å². The minimum absolute atomic E-state index is 0.0314. The second-order valence-corrected chi connectivity index (χ2v) is 4.74. The van der Waals surface area contributed by atoms with Crippen LogP contribution in [0.3, 0.4) is 0 Å². The monoisotopic (exact) mass is 206 g/mol. The fraction of sp³-hybridized carbons (Fsp3) is 1.00. The molecule has 1 aliphatic rings. The molecule has 0 saturated heterocycles. The average molecular weight is 206 g/mol. The first-order valence-corrected chi connectivity index (χ1v) is 5.16. The molecule has 0 bridgehead atoms. The number of alkyl halides is 2. The first kappa shape index (κ1) is 11.9. The normalized spacial score (nSPS) is 33.2. The summed E-state index contributed by atoms with van der Waals surface area (Å²) in [5.74, 6) is 0. The molecule has 1 aliphatic carbocycles. The van der Waals surface area contributed by atoms with Crippen LogP contribution in [0.4, 0.5) is 8.78 Å². The molecule has 1 saturated carbocycles. The Bertz CT molecular complexity index is 187.